The first kappa shape index (κ1) is 15.4. The molecule has 7 heteroatoms. The van der Waals surface area contributed by atoms with Crippen LogP contribution in [0, 0.1) is 5.92 Å². The van der Waals surface area contributed by atoms with E-state index in [1.54, 1.807) is 18.4 Å². The molecular weight excluding hydrogens is 318 g/mol. The van der Waals surface area contributed by atoms with Crippen LogP contribution in [0.1, 0.15) is 23.7 Å². The molecule has 2 aromatic heterocycles. The maximum atomic E-state index is 11.9. The summed E-state index contributed by atoms with van der Waals surface area (Å²) in [5.41, 5.74) is 1.35. The predicted octanol–water partition coefficient (Wildman–Crippen LogP) is 2.67. The predicted molar refractivity (Wildman–Crippen MR) is 91.6 cm³/mol. The van der Waals surface area contributed by atoms with Gasteiger partial charge in [0.05, 0.1) is 12.8 Å². The number of benzene rings is 1. The first-order valence-electron chi connectivity index (χ1n) is 8.31. The molecule has 3 aromatic rings. The molecule has 1 aliphatic rings. The Hall–Kier alpha value is -3.09. The first-order chi connectivity index (χ1) is 12.3. The standard InChI is InChI=1S/C18H19N5O2/c24-18(19-10-13-9-14(13)12-5-2-1-3-6-12)20-11-16-21-17(23-22-16)15-7-4-8-25-15/h1-8,13-14H,9-11H2,(H2,19,20,24)(H,21,22,23)/t13-,14+/m0/s1. The van der Waals surface area contributed by atoms with Crippen molar-refractivity contribution in [1.82, 2.24) is 25.8 Å². The maximum absolute atomic E-state index is 11.9. The normalized spacial score (nSPS) is 18.7. The summed E-state index contributed by atoms with van der Waals surface area (Å²) < 4.78 is 5.23. The number of aromatic nitrogens is 3. The molecule has 0 aliphatic heterocycles. The number of hydrogen-bond acceptors (Lipinski definition) is 4. The Labute approximate surface area is 144 Å². The average Bonchev–Trinajstić information content (AvgIpc) is 3.02. The fourth-order valence-corrected chi connectivity index (χ4v) is 2.92. The van der Waals surface area contributed by atoms with Crippen molar-refractivity contribution < 1.29 is 9.21 Å². The van der Waals surface area contributed by atoms with E-state index in [-0.39, 0.29) is 12.6 Å². The summed E-state index contributed by atoms with van der Waals surface area (Å²) in [6.07, 6.45) is 2.69. The summed E-state index contributed by atoms with van der Waals surface area (Å²) in [6.45, 7) is 0.964. The van der Waals surface area contributed by atoms with Gasteiger partial charge in [0.1, 0.15) is 5.82 Å². The Morgan fingerprint density at radius 3 is 2.88 bits per heavy atom. The molecule has 2 amide bonds. The van der Waals surface area contributed by atoms with E-state index >= 15 is 0 Å². The minimum atomic E-state index is -0.199. The molecule has 0 unspecified atom stereocenters. The molecule has 25 heavy (non-hydrogen) atoms. The molecule has 1 fully saturated rings. The van der Waals surface area contributed by atoms with E-state index in [9.17, 15) is 4.79 Å². The lowest BCUT2D eigenvalue weighted by molar-refractivity contribution is 0.239. The lowest BCUT2D eigenvalue weighted by Crippen LogP contribution is -2.36. The number of carbonyl (C=O) groups is 1. The van der Waals surface area contributed by atoms with Gasteiger partial charge < -0.3 is 15.1 Å². The van der Waals surface area contributed by atoms with Gasteiger partial charge in [-0.2, -0.15) is 0 Å². The lowest BCUT2D eigenvalue weighted by atomic mass is 10.1. The van der Waals surface area contributed by atoms with Gasteiger partial charge in [0.25, 0.3) is 0 Å². The summed E-state index contributed by atoms with van der Waals surface area (Å²) in [6, 6.07) is 13.8. The van der Waals surface area contributed by atoms with E-state index in [1.165, 1.54) is 5.56 Å². The zero-order chi connectivity index (χ0) is 17.1. The van der Waals surface area contributed by atoms with E-state index < -0.39 is 0 Å². The summed E-state index contributed by atoms with van der Waals surface area (Å²) in [5, 5.41) is 12.6. The van der Waals surface area contributed by atoms with Crippen LogP contribution in [-0.2, 0) is 6.54 Å². The fourth-order valence-electron chi connectivity index (χ4n) is 2.92. The molecule has 7 nitrogen and oxygen atoms in total. The lowest BCUT2D eigenvalue weighted by Gasteiger charge is -2.06. The van der Waals surface area contributed by atoms with Crippen molar-refractivity contribution in [1.29, 1.82) is 0 Å². The van der Waals surface area contributed by atoms with Crippen LogP contribution in [0.3, 0.4) is 0 Å². The zero-order valence-electron chi connectivity index (χ0n) is 13.6. The molecule has 4 rings (SSSR count). The van der Waals surface area contributed by atoms with Crippen LogP contribution in [0.4, 0.5) is 4.79 Å². The van der Waals surface area contributed by atoms with Crippen LogP contribution in [0.15, 0.2) is 53.1 Å². The van der Waals surface area contributed by atoms with E-state index in [2.05, 4.69) is 50.1 Å². The second-order valence-electron chi connectivity index (χ2n) is 6.16. The van der Waals surface area contributed by atoms with Crippen LogP contribution in [0.5, 0.6) is 0 Å². The van der Waals surface area contributed by atoms with Gasteiger partial charge in [0.2, 0.25) is 5.82 Å². The number of aromatic amines is 1. The Morgan fingerprint density at radius 1 is 1.20 bits per heavy atom. The molecule has 2 atom stereocenters. The van der Waals surface area contributed by atoms with Gasteiger partial charge >= 0.3 is 6.03 Å². The molecule has 0 radical (unpaired) electrons. The van der Waals surface area contributed by atoms with E-state index in [0.29, 0.717) is 35.8 Å². The molecular formula is C18H19N5O2. The van der Waals surface area contributed by atoms with Crippen LogP contribution in [0.2, 0.25) is 0 Å². The molecule has 128 valence electrons. The highest BCUT2D eigenvalue weighted by Gasteiger charge is 2.37. The van der Waals surface area contributed by atoms with Crippen molar-refractivity contribution in [2.75, 3.05) is 6.54 Å². The monoisotopic (exact) mass is 337 g/mol. The van der Waals surface area contributed by atoms with Crippen molar-refractivity contribution in [3.8, 4) is 11.6 Å². The Bertz CT molecular complexity index is 828. The van der Waals surface area contributed by atoms with Crippen LogP contribution in [0.25, 0.3) is 11.6 Å². The number of furan rings is 1. The van der Waals surface area contributed by atoms with Crippen LogP contribution < -0.4 is 10.6 Å². The smallest absolute Gasteiger partial charge is 0.315 e. The summed E-state index contributed by atoms with van der Waals surface area (Å²) in [5.74, 6) is 2.73. The highest BCUT2D eigenvalue weighted by atomic mass is 16.3. The summed E-state index contributed by atoms with van der Waals surface area (Å²) >= 11 is 0. The topological polar surface area (TPSA) is 95.8 Å². The largest absolute Gasteiger partial charge is 0.461 e. The minimum Gasteiger partial charge on any atom is -0.461 e. The third kappa shape index (κ3) is 3.71. The first-order valence-corrected chi connectivity index (χ1v) is 8.31. The van der Waals surface area contributed by atoms with Crippen molar-refractivity contribution in [2.24, 2.45) is 5.92 Å². The van der Waals surface area contributed by atoms with E-state index in [0.717, 1.165) is 6.42 Å². The molecule has 1 saturated carbocycles. The Kier molecular flexibility index (Phi) is 4.20. The summed E-state index contributed by atoms with van der Waals surface area (Å²) in [7, 11) is 0. The SMILES string of the molecule is O=C(NCc1nc(-c2ccco2)n[nH]1)NC[C@@H]1C[C@@H]1c1ccccc1. The van der Waals surface area contributed by atoms with Gasteiger partial charge in [-0.05, 0) is 36.0 Å². The molecule has 3 N–H and O–H groups in total. The number of H-pyrrole nitrogens is 1. The average molecular weight is 337 g/mol. The Balaban J connectivity index is 1.20. The second-order valence-corrected chi connectivity index (χ2v) is 6.16. The fraction of sp³-hybridized carbons (Fsp3) is 0.278. The number of rotatable bonds is 6. The quantitative estimate of drug-likeness (QED) is 0.644. The van der Waals surface area contributed by atoms with Crippen molar-refractivity contribution in [3.05, 3.63) is 60.1 Å². The Morgan fingerprint density at radius 2 is 2.08 bits per heavy atom. The van der Waals surface area contributed by atoms with Gasteiger partial charge in [-0.1, -0.05) is 30.3 Å². The molecule has 0 spiro atoms. The molecule has 2 heterocycles. The van der Waals surface area contributed by atoms with Gasteiger partial charge in [0, 0.05) is 6.54 Å². The molecule has 1 aliphatic carbocycles. The third-order valence-corrected chi connectivity index (χ3v) is 4.36. The van der Waals surface area contributed by atoms with E-state index in [4.69, 9.17) is 4.42 Å². The molecule has 0 bridgehead atoms. The molecule has 0 saturated heterocycles. The number of hydrogen-bond donors (Lipinski definition) is 3. The summed E-state index contributed by atoms with van der Waals surface area (Å²) in [4.78, 5) is 16.2. The second kappa shape index (κ2) is 6.80. The number of carbonyl (C=O) groups excluding carboxylic acids is 1. The zero-order valence-corrected chi connectivity index (χ0v) is 13.6. The minimum absolute atomic E-state index is 0.199. The van der Waals surface area contributed by atoms with Gasteiger partial charge in [-0.15, -0.1) is 5.10 Å². The number of nitrogens with zero attached hydrogens (tertiary/aromatic N) is 2. The highest BCUT2D eigenvalue weighted by molar-refractivity contribution is 5.73. The molecule has 1 aromatic carbocycles. The van der Waals surface area contributed by atoms with Gasteiger partial charge in [-0.3, -0.25) is 5.10 Å². The van der Waals surface area contributed by atoms with Gasteiger partial charge in [0.15, 0.2) is 5.76 Å². The van der Waals surface area contributed by atoms with Crippen molar-refractivity contribution in [3.63, 3.8) is 0 Å². The maximum Gasteiger partial charge on any atom is 0.315 e. The van der Waals surface area contributed by atoms with Crippen molar-refractivity contribution >= 4 is 6.03 Å². The number of amides is 2. The number of urea groups is 1. The third-order valence-electron chi connectivity index (χ3n) is 4.36. The van der Waals surface area contributed by atoms with E-state index in [1.807, 2.05) is 6.07 Å². The van der Waals surface area contributed by atoms with Crippen LogP contribution in [-0.4, -0.2) is 27.8 Å². The van der Waals surface area contributed by atoms with Gasteiger partial charge in [-0.25, -0.2) is 9.78 Å². The highest BCUT2D eigenvalue weighted by Crippen LogP contribution is 2.46. The number of nitrogens with one attached hydrogen (secondary N) is 3. The van der Waals surface area contributed by atoms with Crippen LogP contribution >= 0.6 is 0 Å². The van der Waals surface area contributed by atoms with Crippen molar-refractivity contribution in [2.45, 2.75) is 18.9 Å².